The highest BCUT2D eigenvalue weighted by Crippen LogP contribution is 2.39. The molecule has 1 heterocycles. The highest BCUT2D eigenvalue weighted by Gasteiger charge is 2.33. The topological polar surface area (TPSA) is 21.3 Å². The summed E-state index contributed by atoms with van der Waals surface area (Å²) in [4.78, 5) is 0. The minimum Gasteiger partial charge on any atom is -0.487 e. The maximum atomic E-state index is 6.06. The van der Waals surface area contributed by atoms with Gasteiger partial charge in [0.15, 0.2) is 0 Å². The van der Waals surface area contributed by atoms with Gasteiger partial charge in [-0.05, 0) is 45.2 Å². The van der Waals surface area contributed by atoms with E-state index in [1.807, 2.05) is 0 Å². The molecule has 1 aromatic rings. The van der Waals surface area contributed by atoms with Gasteiger partial charge in [-0.3, -0.25) is 0 Å². The monoisotopic (exact) mass is 259 g/mol. The van der Waals surface area contributed by atoms with Gasteiger partial charge < -0.3 is 10.1 Å². The SMILES string of the molecule is CC1(C)CC(NCCCC2CC2)c2ccccc2O1. The van der Waals surface area contributed by atoms with E-state index in [0.29, 0.717) is 6.04 Å². The standard InChI is InChI=1S/C17H25NO/c1-17(2)12-15(18-11-5-6-13-9-10-13)14-7-3-4-8-16(14)19-17/h3-4,7-8,13,15,18H,5-6,9-12H2,1-2H3. The Balaban J connectivity index is 1.62. The zero-order valence-electron chi connectivity index (χ0n) is 12.1. The molecule has 2 nitrogen and oxygen atoms in total. The molecule has 0 radical (unpaired) electrons. The van der Waals surface area contributed by atoms with Crippen LogP contribution in [0.25, 0.3) is 0 Å². The fraction of sp³-hybridized carbons (Fsp3) is 0.647. The zero-order chi connectivity index (χ0) is 13.3. The van der Waals surface area contributed by atoms with Gasteiger partial charge in [-0.2, -0.15) is 0 Å². The van der Waals surface area contributed by atoms with Crippen LogP contribution in [-0.2, 0) is 0 Å². The molecule has 0 bridgehead atoms. The van der Waals surface area contributed by atoms with Crippen LogP contribution in [0.5, 0.6) is 5.75 Å². The molecule has 1 N–H and O–H groups in total. The van der Waals surface area contributed by atoms with E-state index in [1.54, 1.807) is 0 Å². The second-order valence-electron chi connectivity index (χ2n) is 6.70. The van der Waals surface area contributed by atoms with Crippen molar-refractivity contribution in [2.24, 2.45) is 5.92 Å². The van der Waals surface area contributed by atoms with Gasteiger partial charge in [0.1, 0.15) is 11.4 Å². The van der Waals surface area contributed by atoms with Crippen molar-refractivity contribution < 1.29 is 4.74 Å². The normalized spacial score (nSPS) is 24.6. The molecular formula is C17H25NO. The summed E-state index contributed by atoms with van der Waals surface area (Å²) >= 11 is 0. The quantitative estimate of drug-likeness (QED) is 0.805. The average Bonchev–Trinajstić information content (AvgIpc) is 3.17. The second-order valence-corrected chi connectivity index (χ2v) is 6.70. The molecule has 104 valence electrons. The average molecular weight is 259 g/mol. The van der Waals surface area contributed by atoms with Crippen molar-refractivity contribution in [2.45, 2.75) is 57.6 Å². The highest BCUT2D eigenvalue weighted by molar-refractivity contribution is 5.38. The first kappa shape index (κ1) is 13.0. The van der Waals surface area contributed by atoms with E-state index < -0.39 is 0 Å². The molecule has 2 aliphatic rings. The molecule has 1 saturated carbocycles. The molecule has 1 aliphatic carbocycles. The lowest BCUT2D eigenvalue weighted by atomic mass is 9.89. The van der Waals surface area contributed by atoms with Crippen molar-refractivity contribution in [3.63, 3.8) is 0 Å². The molecule has 0 saturated heterocycles. The molecule has 3 rings (SSSR count). The highest BCUT2D eigenvalue weighted by atomic mass is 16.5. The summed E-state index contributed by atoms with van der Waals surface area (Å²) in [6.07, 6.45) is 6.69. The molecular weight excluding hydrogens is 234 g/mol. The lowest BCUT2D eigenvalue weighted by molar-refractivity contribution is 0.0660. The molecule has 1 aliphatic heterocycles. The summed E-state index contributed by atoms with van der Waals surface area (Å²) in [7, 11) is 0. The number of fused-ring (bicyclic) bond motifs is 1. The third kappa shape index (κ3) is 3.30. The van der Waals surface area contributed by atoms with Crippen molar-refractivity contribution in [2.75, 3.05) is 6.54 Å². The number of para-hydroxylation sites is 1. The molecule has 1 aromatic carbocycles. The van der Waals surface area contributed by atoms with Crippen molar-refractivity contribution in [3.8, 4) is 5.75 Å². The Bertz CT molecular complexity index is 437. The van der Waals surface area contributed by atoms with Crippen molar-refractivity contribution in [1.82, 2.24) is 5.32 Å². The van der Waals surface area contributed by atoms with Crippen molar-refractivity contribution >= 4 is 0 Å². The largest absolute Gasteiger partial charge is 0.487 e. The Hall–Kier alpha value is -1.02. The second kappa shape index (κ2) is 5.16. The first-order valence-corrected chi connectivity index (χ1v) is 7.65. The van der Waals surface area contributed by atoms with Gasteiger partial charge in [0.2, 0.25) is 0 Å². The molecule has 0 spiro atoms. The molecule has 19 heavy (non-hydrogen) atoms. The van der Waals surface area contributed by atoms with E-state index in [-0.39, 0.29) is 5.60 Å². The molecule has 1 unspecified atom stereocenters. The van der Waals surface area contributed by atoms with Crippen LogP contribution in [0.15, 0.2) is 24.3 Å². The summed E-state index contributed by atoms with van der Waals surface area (Å²) in [5.74, 6) is 2.10. The van der Waals surface area contributed by atoms with Crippen LogP contribution in [0.1, 0.15) is 57.6 Å². The first-order valence-electron chi connectivity index (χ1n) is 7.65. The summed E-state index contributed by atoms with van der Waals surface area (Å²) < 4.78 is 6.06. The van der Waals surface area contributed by atoms with Crippen LogP contribution in [0.2, 0.25) is 0 Å². The first-order chi connectivity index (χ1) is 9.14. The predicted octanol–water partition coefficient (Wildman–Crippen LogP) is 4.07. The van der Waals surface area contributed by atoms with Gasteiger partial charge in [0, 0.05) is 18.0 Å². The smallest absolute Gasteiger partial charge is 0.124 e. The van der Waals surface area contributed by atoms with E-state index in [9.17, 15) is 0 Å². The van der Waals surface area contributed by atoms with E-state index in [0.717, 1.165) is 24.6 Å². The maximum absolute atomic E-state index is 6.06. The van der Waals surface area contributed by atoms with E-state index in [1.165, 1.54) is 31.2 Å². The van der Waals surface area contributed by atoms with Gasteiger partial charge >= 0.3 is 0 Å². The summed E-state index contributed by atoms with van der Waals surface area (Å²) in [5, 5.41) is 3.74. The fourth-order valence-corrected chi connectivity index (χ4v) is 3.06. The number of ether oxygens (including phenoxy) is 1. The van der Waals surface area contributed by atoms with Crippen LogP contribution in [0.4, 0.5) is 0 Å². The molecule has 0 aromatic heterocycles. The lowest BCUT2D eigenvalue weighted by Crippen LogP contribution is -2.39. The Morgan fingerprint density at radius 2 is 2.05 bits per heavy atom. The van der Waals surface area contributed by atoms with Crippen LogP contribution in [0.3, 0.4) is 0 Å². The van der Waals surface area contributed by atoms with Crippen molar-refractivity contribution in [3.05, 3.63) is 29.8 Å². The minimum absolute atomic E-state index is 0.0670. The predicted molar refractivity (Wildman–Crippen MR) is 78.5 cm³/mol. The Kier molecular flexibility index (Phi) is 3.53. The van der Waals surface area contributed by atoms with Gasteiger partial charge in [-0.25, -0.2) is 0 Å². The number of benzene rings is 1. The Morgan fingerprint density at radius 3 is 2.84 bits per heavy atom. The van der Waals surface area contributed by atoms with Gasteiger partial charge in [0.05, 0.1) is 0 Å². The number of hydrogen-bond acceptors (Lipinski definition) is 2. The van der Waals surface area contributed by atoms with Crippen molar-refractivity contribution in [1.29, 1.82) is 0 Å². The molecule has 0 amide bonds. The zero-order valence-corrected chi connectivity index (χ0v) is 12.1. The summed E-state index contributed by atoms with van der Waals surface area (Å²) in [6, 6.07) is 8.90. The number of nitrogens with one attached hydrogen (secondary N) is 1. The molecule has 1 fully saturated rings. The maximum Gasteiger partial charge on any atom is 0.124 e. The third-order valence-corrected chi connectivity index (χ3v) is 4.25. The lowest BCUT2D eigenvalue weighted by Gasteiger charge is -2.38. The van der Waals surface area contributed by atoms with E-state index in [4.69, 9.17) is 4.74 Å². The van der Waals surface area contributed by atoms with E-state index >= 15 is 0 Å². The van der Waals surface area contributed by atoms with Gasteiger partial charge in [-0.1, -0.05) is 31.0 Å². The summed E-state index contributed by atoms with van der Waals surface area (Å²) in [6.45, 7) is 5.50. The minimum atomic E-state index is -0.0670. The fourth-order valence-electron chi connectivity index (χ4n) is 3.06. The number of rotatable bonds is 5. The summed E-state index contributed by atoms with van der Waals surface area (Å²) in [5.41, 5.74) is 1.26. The van der Waals surface area contributed by atoms with Gasteiger partial charge in [0.25, 0.3) is 0 Å². The van der Waals surface area contributed by atoms with Crippen LogP contribution in [0, 0.1) is 5.92 Å². The van der Waals surface area contributed by atoms with E-state index in [2.05, 4.69) is 43.4 Å². The third-order valence-electron chi connectivity index (χ3n) is 4.25. The Labute approximate surface area is 116 Å². The number of hydrogen-bond donors (Lipinski definition) is 1. The van der Waals surface area contributed by atoms with Crippen LogP contribution in [-0.4, -0.2) is 12.1 Å². The van der Waals surface area contributed by atoms with Crippen LogP contribution >= 0.6 is 0 Å². The molecule has 1 atom stereocenters. The van der Waals surface area contributed by atoms with Crippen LogP contribution < -0.4 is 10.1 Å². The van der Waals surface area contributed by atoms with Gasteiger partial charge in [-0.15, -0.1) is 0 Å². The Morgan fingerprint density at radius 1 is 1.26 bits per heavy atom. The molecule has 2 heteroatoms.